The molecule has 0 fully saturated rings. The number of benzene rings is 3. The minimum Gasteiger partial charge on any atom is -0.506 e. The third kappa shape index (κ3) is 4.29. The predicted molar refractivity (Wildman–Crippen MR) is 125 cm³/mol. The number of fused-ring (bicyclic) bond motifs is 1. The Morgan fingerprint density at radius 1 is 1.00 bits per heavy atom. The van der Waals surface area contributed by atoms with Gasteiger partial charge in [-0.15, -0.1) is 0 Å². The van der Waals surface area contributed by atoms with Crippen molar-refractivity contribution in [3.63, 3.8) is 0 Å². The number of aromatic amines is 1. The summed E-state index contributed by atoms with van der Waals surface area (Å²) in [6.45, 7) is 2.13. The molecule has 0 saturated carbocycles. The summed E-state index contributed by atoms with van der Waals surface area (Å²) in [4.78, 5) is 17.6. The molecule has 5 nitrogen and oxygen atoms in total. The topological polar surface area (TPSA) is 65.6 Å². The Morgan fingerprint density at radius 3 is 2.45 bits per heavy atom. The molecular weight excluding hydrogens is 412 g/mol. The van der Waals surface area contributed by atoms with E-state index in [4.69, 9.17) is 16.3 Å². The number of hydrogen-bond donors (Lipinski definition) is 2. The van der Waals surface area contributed by atoms with Gasteiger partial charge in [0, 0.05) is 16.5 Å². The van der Waals surface area contributed by atoms with E-state index < -0.39 is 5.56 Å². The number of nitrogens with one attached hydrogen (secondary N) is 1. The number of rotatable bonds is 5. The lowest BCUT2D eigenvalue weighted by Gasteiger charge is -2.20. The van der Waals surface area contributed by atoms with Gasteiger partial charge in [-0.3, -0.25) is 4.79 Å². The maximum absolute atomic E-state index is 12.7. The largest absolute Gasteiger partial charge is 0.506 e. The van der Waals surface area contributed by atoms with Crippen LogP contribution in [0.5, 0.6) is 17.2 Å². The van der Waals surface area contributed by atoms with Crippen molar-refractivity contribution in [3.05, 3.63) is 87.7 Å². The van der Waals surface area contributed by atoms with E-state index in [2.05, 4.69) is 22.9 Å². The van der Waals surface area contributed by atoms with E-state index in [0.29, 0.717) is 33.0 Å². The SMILES string of the molecule is CC(c1cccc(Oc2cccc(-c3c(O)c4ccc(Cl)cc4[nH]c3=O)c2)c1)N(C)C. The molecule has 3 aromatic carbocycles. The monoisotopic (exact) mass is 434 g/mol. The summed E-state index contributed by atoms with van der Waals surface area (Å²) in [7, 11) is 4.06. The number of aromatic hydroxyl groups is 1. The molecule has 31 heavy (non-hydrogen) atoms. The number of ether oxygens (including phenoxy) is 1. The van der Waals surface area contributed by atoms with Gasteiger partial charge in [0.2, 0.25) is 0 Å². The first kappa shape index (κ1) is 21.0. The maximum atomic E-state index is 12.7. The fraction of sp³-hybridized carbons (Fsp3) is 0.160. The van der Waals surface area contributed by atoms with Crippen molar-refractivity contribution in [1.82, 2.24) is 9.88 Å². The summed E-state index contributed by atoms with van der Waals surface area (Å²) in [5.74, 6) is 1.19. The van der Waals surface area contributed by atoms with E-state index in [1.165, 1.54) is 0 Å². The lowest BCUT2D eigenvalue weighted by atomic mass is 10.0. The molecule has 0 radical (unpaired) electrons. The van der Waals surface area contributed by atoms with Gasteiger partial charge in [0.15, 0.2) is 0 Å². The molecular formula is C25H23ClN2O3. The first-order chi connectivity index (χ1) is 14.8. The molecule has 4 rings (SSSR count). The van der Waals surface area contributed by atoms with Crippen LogP contribution in [0.4, 0.5) is 0 Å². The fourth-order valence-corrected chi connectivity index (χ4v) is 3.68. The molecule has 0 amide bonds. The number of hydrogen-bond acceptors (Lipinski definition) is 4. The van der Waals surface area contributed by atoms with Crippen LogP contribution in [-0.2, 0) is 0 Å². The minimum absolute atomic E-state index is 0.0885. The van der Waals surface area contributed by atoms with Gasteiger partial charge in [-0.25, -0.2) is 0 Å². The number of aromatic nitrogens is 1. The number of nitrogens with zero attached hydrogens (tertiary/aromatic N) is 1. The zero-order chi connectivity index (χ0) is 22.1. The predicted octanol–water partition coefficient (Wildman–Crippen LogP) is 5.97. The van der Waals surface area contributed by atoms with Gasteiger partial charge in [0.05, 0.1) is 11.1 Å². The molecule has 0 spiro atoms. The van der Waals surface area contributed by atoms with Crippen LogP contribution in [0.25, 0.3) is 22.0 Å². The standard InChI is InChI=1S/C25H23ClN2O3/c1-15(28(2)3)16-6-4-8-19(12-16)31-20-9-5-7-17(13-20)23-24(29)21-11-10-18(26)14-22(21)27-25(23)30/h4-15H,1-3H3,(H2,27,29,30). The zero-order valence-electron chi connectivity index (χ0n) is 17.5. The van der Waals surface area contributed by atoms with E-state index in [9.17, 15) is 9.90 Å². The first-order valence-corrected chi connectivity index (χ1v) is 10.3. The second kappa shape index (κ2) is 8.46. The summed E-state index contributed by atoms with van der Waals surface area (Å²) in [6.07, 6.45) is 0. The fourth-order valence-electron chi connectivity index (χ4n) is 3.51. The quantitative estimate of drug-likeness (QED) is 0.406. The van der Waals surface area contributed by atoms with Crippen molar-refractivity contribution in [2.45, 2.75) is 13.0 Å². The van der Waals surface area contributed by atoms with E-state index in [-0.39, 0.29) is 17.4 Å². The Bertz CT molecular complexity index is 1310. The molecule has 0 aliphatic carbocycles. The third-order valence-electron chi connectivity index (χ3n) is 5.42. The summed E-state index contributed by atoms with van der Waals surface area (Å²) < 4.78 is 6.06. The highest BCUT2D eigenvalue weighted by Crippen LogP contribution is 2.35. The molecule has 0 aliphatic heterocycles. The van der Waals surface area contributed by atoms with Gasteiger partial charge < -0.3 is 19.7 Å². The van der Waals surface area contributed by atoms with Gasteiger partial charge >= 0.3 is 0 Å². The van der Waals surface area contributed by atoms with Gasteiger partial charge in [0.1, 0.15) is 17.2 Å². The van der Waals surface area contributed by atoms with Crippen molar-refractivity contribution < 1.29 is 9.84 Å². The highest BCUT2D eigenvalue weighted by Gasteiger charge is 2.15. The van der Waals surface area contributed by atoms with E-state index in [1.807, 2.05) is 38.4 Å². The highest BCUT2D eigenvalue weighted by atomic mass is 35.5. The second-order valence-electron chi connectivity index (χ2n) is 7.71. The summed E-state index contributed by atoms with van der Waals surface area (Å²) >= 11 is 6.00. The maximum Gasteiger partial charge on any atom is 0.260 e. The smallest absolute Gasteiger partial charge is 0.260 e. The lowest BCUT2D eigenvalue weighted by Crippen LogP contribution is -2.16. The van der Waals surface area contributed by atoms with Gasteiger partial charge in [-0.05, 0) is 74.6 Å². The van der Waals surface area contributed by atoms with Crippen molar-refractivity contribution in [2.24, 2.45) is 0 Å². The number of halogens is 1. The molecule has 158 valence electrons. The molecule has 4 aromatic rings. The average Bonchev–Trinajstić information content (AvgIpc) is 2.73. The normalized spacial score (nSPS) is 12.3. The van der Waals surface area contributed by atoms with Gasteiger partial charge in [0.25, 0.3) is 5.56 Å². The summed E-state index contributed by atoms with van der Waals surface area (Å²) in [5.41, 5.74) is 1.98. The molecule has 1 unspecified atom stereocenters. The molecule has 1 heterocycles. The molecule has 2 N–H and O–H groups in total. The second-order valence-corrected chi connectivity index (χ2v) is 8.15. The molecule has 1 atom stereocenters. The zero-order valence-corrected chi connectivity index (χ0v) is 18.3. The van der Waals surface area contributed by atoms with Crippen LogP contribution in [0.15, 0.2) is 71.5 Å². The highest BCUT2D eigenvalue weighted by molar-refractivity contribution is 6.31. The number of H-pyrrole nitrogens is 1. The lowest BCUT2D eigenvalue weighted by molar-refractivity contribution is 0.320. The van der Waals surface area contributed by atoms with E-state index >= 15 is 0 Å². The molecule has 0 aliphatic rings. The Kier molecular flexibility index (Phi) is 5.72. The van der Waals surface area contributed by atoms with Crippen molar-refractivity contribution >= 4 is 22.5 Å². The van der Waals surface area contributed by atoms with Crippen LogP contribution in [0.1, 0.15) is 18.5 Å². The molecule has 0 bridgehead atoms. The van der Waals surface area contributed by atoms with E-state index in [0.717, 1.165) is 5.56 Å². The average molecular weight is 435 g/mol. The molecule has 1 aromatic heterocycles. The van der Waals surface area contributed by atoms with Crippen LogP contribution in [-0.4, -0.2) is 29.1 Å². The Balaban J connectivity index is 1.71. The molecule has 0 saturated heterocycles. The van der Waals surface area contributed by atoms with Crippen LogP contribution in [0.3, 0.4) is 0 Å². The van der Waals surface area contributed by atoms with Gasteiger partial charge in [-0.1, -0.05) is 35.9 Å². The summed E-state index contributed by atoms with van der Waals surface area (Å²) in [5, 5.41) is 11.8. The first-order valence-electron chi connectivity index (χ1n) is 9.92. The van der Waals surface area contributed by atoms with Crippen molar-refractivity contribution in [2.75, 3.05) is 14.1 Å². The number of pyridine rings is 1. The van der Waals surface area contributed by atoms with Gasteiger partial charge in [-0.2, -0.15) is 0 Å². The van der Waals surface area contributed by atoms with Crippen molar-refractivity contribution in [3.8, 4) is 28.4 Å². The van der Waals surface area contributed by atoms with E-state index in [1.54, 1.807) is 36.4 Å². The minimum atomic E-state index is -0.397. The van der Waals surface area contributed by atoms with Crippen LogP contribution in [0, 0.1) is 0 Å². The van der Waals surface area contributed by atoms with Crippen LogP contribution < -0.4 is 10.3 Å². The Hall–Kier alpha value is -3.28. The van der Waals surface area contributed by atoms with Crippen LogP contribution in [0.2, 0.25) is 5.02 Å². The summed E-state index contributed by atoms with van der Waals surface area (Å²) in [6, 6.07) is 20.3. The Labute approximate surface area is 185 Å². The Morgan fingerprint density at radius 2 is 1.71 bits per heavy atom. The van der Waals surface area contributed by atoms with Crippen molar-refractivity contribution in [1.29, 1.82) is 0 Å². The molecule has 6 heteroatoms. The van der Waals surface area contributed by atoms with Crippen LogP contribution >= 0.6 is 11.6 Å². The third-order valence-corrected chi connectivity index (χ3v) is 5.66.